The van der Waals surface area contributed by atoms with Crippen molar-refractivity contribution >= 4 is 12.5 Å². The second kappa shape index (κ2) is 9.03. The molecular formula is C2H3NOZn. The third-order valence-electron chi connectivity index (χ3n) is 0.0680. The number of carbonyl (C=O) groups excluding carboxylic acids is 1. The minimum atomic E-state index is 0. The molecule has 0 radical (unpaired) electrons. The van der Waals surface area contributed by atoms with Crippen LogP contribution in [-0.2, 0) is 24.3 Å². The van der Waals surface area contributed by atoms with E-state index >= 15 is 0 Å². The van der Waals surface area contributed by atoms with E-state index in [4.69, 9.17) is 10.2 Å². The second-order valence-electron chi connectivity index (χ2n) is 0.303. The number of carbonyl (C=O) groups is 1. The minimum absolute atomic E-state index is 0. The van der Waals surface area contributed by atoms with E-state index in [1.807, 2.05) is 0 Å². The van der Waals surface area contributed by atoms with Crippen LogP contribution in [0, 0.1) is 5.41 Å². The largest absolute Gasteiger partial charge is 0.305 e. The van der Waals surface area contributed by atoms with Gasteiger partial charge in [-0.2, -0.15) is 0 Å². The van der Waals surface area contributed by atoms with Gasteiger partial charge in [-0.3, -0.25) is 4.79 Å². The molecule has 3 heteroatoms. The van der Waals surface area contributed by atoms with Crippen molar-refractivity contribution in [2.45, 2.75) is 0 Å². The van der Waals surface area contributed by atoms with E-state index in [-0.39, 0.29) is 19.5 Å². The molecule has 0 aliphatic carbocycles. The Kier molecular flexibility index (Phi) is 16.0. The van der Waals surface area contributed by atoms with Gasteiger partial charge in [0.15, 0.2) is 6.29 Å². The van der Waals surface area contributed by atoms with Crippen molar-refractivity contribution < 1.29 is 24.3 Å². The smallest absolute Gasteiger partial charge is 0.160 e. The number of rotatable bonds is 1. The van der Waals surface area contributed by atoms with Gasteiger partial charge >= 0.3 is 0 Å². The Labute approximate surface area is 42.8 Å². The van der Waals surface area contributed by atoms with Gasteiger partial charge in [-0.05, 0) is 0 Å². The average molecular weight is 122 g/mol. The molecule has 0 aromatic carbocycles. The van der Waals surface area contributed by atoms with E-state index in [0.29, 0.717) is 12.5 Å². The third kappa shape index (κ3) is 16.5. The first-order valence-corrected chi connectivity index (χ1v) is 0.858. The van der Waals surface area contributed by atoms with Gasteiger partial charge in [0, 0.05) is 19.5 Å². The number of nitrogens with one attached hydrogen (secondary N) is 1. The zero-order valence-electron chi connectivity index (χ0n) is 2.77. The monoisotopic (exact) mass is 121 g/mol. The average Bonchev–Trinajstić information content (AvgIpc) is 1.37. The maximum absolute atomic E-state index is 8.93. The molecule has 0 aromatic rings. The topological polar surface area (TPSA) is 40.9 Å². The maximum atomic E-state index is 8.93. The predicted molar refractivity (Wildman–Crippen MR) is 14.8 cm³/mol. The molecule has 2 nitrogen and oxygen atoms in total. The van der Waals surface area contributed by atoms with E-state index in [0.717, 1.165) is 0 Å². The number of hydrogen-bond acceptors (Lipinski definition) is 2. The molecule has 0 heterocycles. The van der Waals surface area contributed by atoms with Gasteiger partial charge in [0.25, 0.3) is 0 Å². The van der Waals surface area contributed by atoms with E-state index < -0.39 is 0 Å². The summed E-state index contributed by atoms with van der Waals surface area (Å²) in [6, 6.07) is 0. The first kappa shape index (κ1) is 8.88. The van der Waals surface area contributed by atoms with Crippen LogP contribution in [0.5, 0.6) is 0 Å². The van der Waals surface area contributed by atoms with Crippen LogP contribution in [0.2, 0.25) is 0 Å². The van der Waals surface area contributed by atoms with Crippen molar-refractivity contribution in [2.24, 2.45) is 0 Å². The summed E-state index contributed by atoms with van der Waals surface area (Å²) < 4.78 is 0. The Balaban J connectivity index is 0. The molecule has 24 valence electrons. The van der Waals surface area contributed by atoms with Crippen molar-refractivity contribution in [3.8, 4) is 0 Å². The first-order chi connectivity index (χ1) is 1.91. The normalized spacial score (nSPS) is 4.00. The van der Waals surface area contributed by atoms with Crippen LogP contribution >= 0.6 is 0 Å². The molecule has 0 fully saturated rings. The molecular weight excluding hydrogens is 119 g/mol. The Morgan fingerprint density at radius 2 is 1.80 bits per heavy atom. The Morgan fingerprint density at radius 3 is 1.80 bits per heavy atom. The van der Waals surface area contributed by atoms with Gasteiger partial charge in [0.1, 0.15) is 0 Å². The van der Waals surface area contributed by atoms with Crippen LogP contribution in [0.25, 0.3) is 0 Å². The van der Waals surface area contributed by atoms with Crippen LogP contribution in [0.3, 0.4) is 0 Å². The van der Waals surface area contributed by atoms with Crippen molar-refractivity contribution in [3.63, 3.8) is 0 Å². The van der Waals surface area contributed by atoms with Crippen molar-refractivity contribution in [3.05, 3.63) is 0 Å². The first-order valence-electron chi connectivity index (χ1n) is 0.858. The molecule has 0 rings (SSSR count). The molecule has 0 saturated carbocycles. The van der Waals surface area contributed by atoms with Crippen molar-refractivity contribution in [2.75, 3.05) is 0 Å². The summed E-state index contributed by atoms with van der Waals surface area (Å²) in [6.45, 7) is 0. The minimum Gasteiger partial charge on any atom is -0.305 e. The fraction of sp³-hybridized carbons (Fsp3) is 0. The third-order valence-corrected chi connectivity index (χ3v) is 0.0680. The quantitative estimate of drug-likeness (QED) is 0.293. The summed E-state index contributed by atoms with van der Waals surface area (Å²) in [6.07, 6.45) is 1.11. The summed E-state index contributed by atoms with van der Waals surface area (Å²) >= 11 is 0. The van der Waals surface area contributed by atoms with Crippen LogP contribution in [0.4, 0.5) is 0 Å². The molecule has 1 N–H and O–H groups in total. The zero-order valence-corrected chi connectivity index (χ0v) is 5.74. The Hall–Kier alpha value is -0.0366. The molecule has 0 atom stereocenters. The Bertz CT molecular complexity index is 30.6. The summed E-state index contributed by atoms with van der Waals surface area (Å²) in [5.74, 6) is 0. The zero-order chi connectivity index (χ0) is 3.41. The van der Waals surface area contributed by atoms with Crippen LogP contribution in [-0.4, -0.2) is 12.5 Å². The fourth-order valence-corrected chi connectivity index (χ4v) is 0. The molecule has 0 aromatic heterocycles. The van der Waals surface area contributed by atoms with Crippen LogP contribution in [0.15, 0.2) is 0 Å². The van der Waals surface area contributed by atoms with E-state index in [1.54, 1.807) is 0 Å². The van der Waals surface area contributed by atoms with Gasteiger partial charge in [-0.1, -0.05) is 0 Å². The molecule has 0 aliphatic rings. The standard InChI is InChI=1S/C2H3NO.Zn/c3-1-2-4;/h1-3H;. The molecule has 5 heavy (non-hydrogen) atoms. The van der Waals surface area contributed by atoms with Gasteiger partial charge in [0.05, 0.1) is 6.21 Å². The van der Waals surface area contributed by atoms with Crippen LogP contribution in [0.1, 0.15) is 0 Å². The van der Waals surface area contributed by atoms with Gasteiger partial charge in [-0.25, -0.2) is 0 Å². The molecule has 0 amide bonds. The number of aldehydes is 1. The predicted octanol–water partition coefficient (Wildman–Crippen LogP) is -0.168. The van der Waals surface area contributed by atoms with E-state index in [1.165, 1.54) is 0 Å². The van der Waals surface area contributed by atoms with Crippen molar-refractivity contribution in [1.82, 2.24) is 0 Å². The van der Waals surface area contributed by atoms with Gasteiger partial charge < -0.3 is 5.41 Å². The van der Waals surface area contributed by atoms with Gasteiger partial charge in [-0.15, -0.1) is 0 Å². The second-order valence-corrected chi connectivity index (χ2v) is 0.303. The molecule has 0 spiro atoms. The maximum Gasteiger partial charge on any atom is 0.160 e. The molecule has 0 saturated heterocycles. The summed E-state index contributed by atoms with van der Waals surface area (Å²) in [7, 11) is 0. The molecule has 0 aliphatic heterocycles. The SMILES string of the molecule is N=CC=O.[Zn]. The van der Waals surface area contributed by atoms with Crippen molar-refractivity contribution in [1.29, 1.82) is 5.41 Å². The van der Waals surface area contributed by atoms with E-state index in [9.17, 15) is 0 Å². The Morgan fingerprint density at radius 1 is 1.60 bits per heavy atom. The summed E-state index contributed by atoms with van der Waals surface area (Å²) in [5, 5.41) is 5.96. The number of hydrogen-bond donors (Lipinski definition) is 1. The van der Waals surface area contributed by atoms with E-state index in [2.05, 4.69) is 0 Å². The molecule has 0 bridgehead atoms. The van der Waals surface area contributed by atoms with Crippen LogP contribution < -0.4 is 0 Å². The summed E-state index contributed by atoms with van der Waals surface area (Å²) in [5.41, 5.74) is 0. The van der Waals surface area contributed by atoms with Gasteiger partial charge in [0.2, 0.25) is 0 Å². The molecule has 0 unspecified atom stereocenters. The fourth-order valence-electron chi connectivity index (χ4n) is 0. The summed E-state index contributed by atoms with van der Waals surface area (Å²) in [4.78, 5) is 8.93.